The minimum Gasteiger partial charge on any atom is -0.460 e. The Balaban J connectivity index is 1.81. The summed E-state index contributed by atoms with van der Waals surface area (Å²) in [6.07, 6.45) is 9.78. The first-order valence-electron chi connectivity index (χ1n) is 8.95. The number of aliphatic hydroxyl groups is 1. The average molecular weight is 336 g/mol. The van der Waals surface area contributed by atoms with E-state index < -0.39 is 17.9 Å². The number of fused-ring (bicyclic) bond motifs is 3. The maximum atomic E-state index is 11.9. The molecule has 24 heavy (non-hydrogen) atoms. The van der Waals surface area contributed by atoms with Crippen molar-refractivity contribution in [2.45, 2.75) is 76.7 Å². The summed E-state index contributed by atoms with van der Waals surface area (Å²) in [6, 6.07) is 0. The van der Waals surface area contributed by atoms with Gasteiger partial charge in [0.05, 0.1) is 24.4 Å². The van der Waals surface area contributed by atoms with Gasteiger partial charge < -0.3 is 19.3 Å². The summed E-state index contributed by atoms with van der Waals surface area (Å²) in [4.78, 5) is 11.9. The van der Waals surface area contributed by atoms with Crippen LogP contribution in [0, 0.1) is 11.8 Å². The number of rotatable bonds is 0. The minimum atomic E-state index is -0.768. The van der Waals surface area contributed by atoms with Crippen molar-refractivity contribution in [1.29, 1.82) is 0 Å². The Morgan fingerprint density at radius 3 is 2.83 bits per heavy atom. The SMILES string of the molecule is C[C@H]1CCC/C=C/[C@@H]2C[C@@H]3OC(C)(C)O[C@@H]3[C@H]2[C@@H](O)/C=C/C(=O)O1. The molecule has 5 heteroatoms. The van der Waals surface area contributed by atoms with Crippen LogP contribution in [0.3, 0.4) is 0 Å². The maximum Gasteiger partial charge on any atom is 0.330 e. The van der Waals surface area contributed by atoms with Crippen LogP contribution in [0.5, 0.6) is 0 Å². The van der Waals surface area contributed by atoms with Gasteiger partial charge in [-0.1, -0.05) is 12.2 Å². The molecule has 0 spiro atoms. The van der Waals surface area contributed by atoms with Crippen molar-refractivity contribution >= 4 is 5.97 Å². The topological polar surface area (TPSA) is 65.0 Å². The van der Waals surface area contributed by atoms with Gasteiger partial charge in [-0.2, -0.15) is 0 Å². The normalized spacial score (nSPS) is 45.1. The average Bonchev–Trinajstić information content (AvgIpc) is 2.94. The van der Waals surface area contributed by atoms with Gasteiger partial charge in [0, 0.05) is 12.0 Å². The summed E-state index contributed by atoms with van der Waals surface area (Å²) in [5.41, 5.74) is 0. The lowest BCUT2D eigenvalue weighted by atomic mass is 9.88. The second kappa shape index (κ2) is 6.98. The Hall–Kier alpha value is -1.17. The number of hydrogen-bond donors (Lipinski definition) is 1. The summed E-state index contributed by atoms with van der Waals surface area (Å²) in [6.45, 7) is 5.70. The molecule has 3 rings (SSSR count). The smallest absolute Gasteiger partial charge is 0.330 e. The van der Waals surface area contributed by atoms with Crippen LogP contribution >= 0.6 is 0 Å². The number of hydrogen-bond acceptors (Lipinski definition) is 5. The molecular formula is C19H28O5. The Kier molecular flexibility index (Phi) is 5.13. The molecule has 0 aromatic rings. The standard InChI is InChI=1S/C19H28O5/c1-12-7-5-4-6-8-13-11-15-18(24-19(2,3)23-15)17(13)14(20)9-10-16(21)22-12/h6,8-10,12-15,17-18,20H,4-5,7,11H2,1-3H3/b8-6+,10-9+/t12-,13+,14-,15-,17+,18-/m0/s1. The zero-order chi connectivity index (χ0) is 17.3. The summed E-state index contributed by atoms with van der Waals surface area (Å²) >= 11 is 0. The first-order chi connectivity index (χ1) is 11.4. The van der Waals surface area contributed by atoms with Gasteiger partial charge in [0.2, 0.25) is 0 Å². The fourth-order valence-electron chi connectivity index (χ4n) is 4.09. The molecule has 1 saturated heterocycles. The van der Waals surface area contributed by atoms with Crippen molar-refractivity contribution in [3.8, 4) is 0 Å². The van der Waals surface area contributed by atoms with Crippen LogP contribution in [0.2, 0.25) is 0 Å². The number of esters is 1. The van der Waals surface area contributed by atoms with E-state index in [-0.39, 0.29) is 30.1 Å². The summed E-state index contributed by atoms with van der Waals surface area (Å²) < 4.78 is 17.3. The van der Waals surface area contributed by atoms with E-state index in [9.17, 15) is 9.90 Å². The first-order valence-corrected chi connectivity index (χ1v) is 8.95. The van der Waals surface area contributed by atoms with E-state index in [0.29, 0.717) is 0 Å². The van der Waals surface area contributed by atoms with E-state index >= 15 is 0 Å². The molecule has 1 aliphatic carbocycles. The third-order valence-electron chi connectivity index (χ3n) is 5.11. The summed E-state index contributed by atoms with van der Waals surface area (Å²) in [5, 5.41) is 10.7. The molecule has 1 N–H and O–H groups in total. The van der Waals surface area contributed by atoms with E-state index in [0.717, 1.165) is 25.7 Å². The van der Waals surface area contributed by atoms with Crippen molar-refractivity contribution in [1.82, 2.24) is 0 Å². The number of cyclic esters (lactones) is 1. The molecular weight excluding hydrogens is 308 g/mol. The number of ether oxygens (including phenoxy) is 3. The third-order valence-corrected chi connectivity index (χ3v) is 5.11. The van der Waals surface area contributed by atoms with Crippen LogP contribution < -0.4 is 0 Å². The fourth-order valence-corrected chi connectivity index (χ4v) is 4.09. The second-order valence-corrected chi connectivity index (χ2v) is 7.57. The molecule has 2 heterocycles. The Bertz CT molecular complexity index is 524. The predicted octanol–water partition coefficient (Wildman–Crippen LogP) is 2.73. The molecule has 0 amide bonds. The van der Waals surface area contributed by atoms with Crippen molar-refractivity contribution in [2.75, 3.05) is 0 Å². The van der Waals surface area contributed by atoms with Gasteiger partial charge in [-0.15, -0.1) is 0 Å². The molecule has 134 valence electrons. The third kappa shape index (κ3) is 3.90. The summed E-state index contributed by atoms with van der Waals surface area (Å²) in [7, 11) is 0. The van der Waals surface area contributed by atoms with Gasteiger partial charge in [-0.05, 0) is 58.4 Å². The van der Waals surface area contributed by atoms with E-state index in [1.807, 2.05) is 20.8 Å². The molecule has 2 aliphatic heterocycles. The highest BCUT2D eigenvalue weighted by Crippen LogP contribution is 2.46. The van der Waals surface area contributed by atoms with Gasteiger partial charge in [0.1, 0.15) is 0 Å². The van der Waals surface area contributed by atoms with Crippen LogP contribution in [0.4, 0.5) is 0 Å². The van der Waals surface area contributed by atoms with E-state index in [2.05, 4.69) is 12.2 Å². The second-order valence-electron chi connectivity index (χ2n) is 7.57. The Morgan fingerprint density at radius 2 is 2.04 bits per heavy atom. The maximum absolute atomic E-state index is 11.9. The summed E-state index contributed by atoms with van der Waals surface area (Å²) in [5.74, 6) is -0.952. The molecule has 0 unspecified atom stereocenters. The fraction of sp³-hybridized carbons (Fsp3) is 0.737. The molecule has 0 aromatic heterocycles. The zero-order valence-corrected chi connectivity index (χ0v) is 14.7. The number of carbonyl (C=O) groups excluding carboxylic acids is 1. The highest BCUT2D eigenvalue weighted by Gasteiger charge is 2.54. The van der Waals surface area contributed by atoms with Crippen LogP contribution in [0.25, 0.3) is 0 Å². The van der Waals surface area contributed by atoms with Crippen molar-refractivity contribution in [3.05, 3.63) is 24.3 Å². The van der Waals surface area contributed by atoms with Gasteiger partial charge in [0.25, 0.3) is 0 Å². The molecule has 0 aromatic carbocycles. The quantitative estimate of drug-likeness (QED) is 0.544. The lowest BCUT2D eigenvalue weighted by Crippen LogP contribution is -2.34. The predicted molar refractivity (Wildman–Crippen MR) is 89.1 cm³/mol. The molecule has 0 radical (unpaired) electrons. The number of aliphatic hydroxyl groups excluding tert-OH is 1. The molecule has 5 nitrogen and oxygen atoms in total. The van der Waals surface area contributed by atoms with Gasteiger partial charge in [-0.25, -0.2) is 4.79 Å². The van der Waals surface area contributed by atoms with Gasteiger partial charge >= 0.3 is 5.97 Å². The molecule has 1 saturated carbocycles. The monoisotopic (exact) mass is 336 g/mol. The highest BCUT2D eigenvalue weighted by molar-refractivity contribution is 5.82. The Morgan fingerprint density at radius 1 is 1.25 bits per heavy atom. The molecule has 2 fully saturated rings. The Labute approximate surface area is 143 Å². The molecule has 6 atom stereocenters. The van der Waals surface area contributed by atoms with Crippen molar-refractivity contribution in [3.63, 3.8) is 0 Å². The first kappa shape index (κ1) is 17.6. The van der Waals surface area contributed by atoms with Gasteiger partial charge in [0.15, 0.2) is 5.79 Å². The van der Waals surface area contributed by atoms with Crippen LogP contribution in [0.1, 0.15) is 46.5 Å². The van der Waals surface area contributed by atoms with Crippen LogP contribution in [-0.4, -0.2) is 41.3 Å². The minimum absolute atomic E-state index is 0.0115. The lowest BCUT2D eigenvalue weighted by Gasteiger charge is -2.27. The number of carbonyl (C=O) groups is 1. The van der Waals surface area contributed by atoms with E-state index in [1.54, 1.807) is 0 Å². The highest BCUT2D eigenvalue weighted by atomic mass is 16.8. The van der Waals surface area contributed by atoms with E-state index in [1.165, 1.54) is 12.2 Å². The van der Waals surface area contributed by atoms with Crippen LogP contribution in [-0.2, 0) is 19.0 Å². The van der Waals surface area contributed by atoms with Crippen LogP contribution in [0.15, 0.2) is 24.3 Å². The van der Waals surface area contributed by atoms with Crippen molar-refractivity contribution < 1.29 is 24.1 Å². The molecule has 0 bridgehead atoms. The van der Waals surface area contributed by atoms with Gasteiger partial charge in [-0.3, -0.25) is 0 Å². The zero-order valence-electron chi connectivity index (χ0n) is 14.7. The molecule has 3 aliphatic rings. The number of allylic oxidation sites excluding steroid dienone is 2. The lowest BCUT2D eigenvalue weighted by molar-refractivity contribution is -0.162. The largest absolute Gasteiger partial charge is 0.460 e. The van der Waals surface area contributed by atoms with Crippen molar-refractivity contribution in [2.24, 2.45) is 11.8 Å². The van der Waals surface area contributed by atoms with E-state index in [4.69, 9.17) is 14.2 Å².